The molecule has 0 spiro atoms. The molecule has 0 aliphatic heterocycles. The van der Waals surface area contributed by atoms with E-state index in [0.717, 1.165) is 0 Å². The molecule has 0 aliphatic rings. The van der Waals surface area contributed by atoms with Gasteiger partial charge in [0.15, 0.2) is 6.54 Å². The molecule has 0 rings (SSSR count). The molecular formula is C7H16NO5+. The summed E-state index contributed by atoms with van der Waals surface area (Å²) in [6, 6.07) is 0. The Balaban J connectivity index is 4.06. The van der Waals surface area contributed by atoms with Crippen LogP contribution in [0.4, 0.5) is 0 Å². The van der Waals surface area contributed by atoms with Crippen LogP contribution in [0, 0.1) is 0 Å². The molecule has 13 heavy (non-hydrogen) atoms. The third-order valence-electron chi connectivity index (χ3n) is 1.68. The number of hydrogen-bond donors (Lipinski definition) is 6. The molecular weight excluding hydrogens is 178 g/mol. The first-order valence-corrected chi connectivity index (χ1v) is 3.87. The van der Waals surface area contributed by atoms with Crippen LogP contribution in [0.5, 0.6) is 0 Å². The maximum atomic E-state index is 9.18. The van der Waals surface area contributed by atoms with Gasteiger partial charge < -0.3 is 25.5 Å². The first-order chi connectivity index (χ1) is 6.04. The van der Waals surface area contributed by atoms with E-state index in [0.29, 0.717) is 0 Å². The molecule has 4 atom stereocenters. The van der Waals surface area contributed by atoms with Crippen molar-refractivity contribution in [1.82, 2.24) is 0 Å². The second-order valence-corrected chi connectivity index (χ2v) is 2.75. The van der Waals surface area contributed by atoms with Crippen molar-refractivity contribution >= 4 is 6.72 Å². The fourth-order valence-electron chi connectivity index (χ4n) is 0.832. The topological polar surface area (TPSA) is 115 Å². The Morgan fingerprint density at radius 2 is 1.46 bits per heavy atom. The number of aliphatic hydroxyl groups is 5. The number of rotatable bonds is 6. The van der Waals surface area contributed by atoms with Crippen LogP contribution in [-0.2, 0) is 0 Å². The average Bonchev–Trinajstić information content (AvgIpc) is 2.14. The molecule has 0 bridgehead atoms. The minimum atomic E-state index is -1.58. The second kappa shape index (κ2) is 6.01. The molecule has 6 nitrogen and oxygen atoms in total. The van der Waals surface area contributed by atoms with Gasteiger partial charge in [-0.3, -0.25) is 4.99 Å². The quantitative estimate of drug-likeness (QED) is 0.237. The van der Waals surface area contributed by atoms with E-state index in [9.17, 15) is 5.11 Å². The molecule has 0 aromatic carbocycles. The Hall–Kier alpha value is -0.530. The zero-order valence-corrected chi connectivity index (χ0v) is 7.17. The number of nitrogens with one attached hydrogen (secondary N) is 1. The van der Waals surface area contributed by atoms with Crippen LogP contribution in [-0.4, -0.2) is 69.8 Å². The molecule has 0 fully saturated rings. The molecule has 0 amide bonds. The van der Waals surface area contributed by atoms with Crippen molar-refractivity contribution in [3.63, 3.8) is 0 Å². The smallest absolute Gasteiger partial charge is 0.168 e. The van der Waals surface area contributed by atoms with Crippen LogP contribution in [0.3, 0.4) is 0 Å². The molecule has 0 aromatic heterocycles. The van der Waals surface area contributed by atoms with Gasteiger partial charge in [0, 0.05) is 0 Å². The largest absolute Gasteiger partial charge is 0.394 e. The number of aliphatic hydroxyl groups excluding tert-OH is 5. The summed E-state index contributed by atoms with van der Waals surface area (Å²) in [5, 5.41) is 44.8. The van der Waals surface area contributed by atoms with E-state index in [1.807, 2.05) is 0 Å². The molecule has 0 saturated carbocycles. The van der Waals surface area contributed by atoms with E-state index in [-0.39, 0.29) is 6.54 Å². The molecule has 0 radical (unpaired) electrons. The summed E-state index contributed by atoms with van der Waals surface area (Å²) < 4.78 is 0. The van der Waals surface area contributed by atoms with Crippen molar-refractivity contribution in [3.8, 4) is 0 Å². The Bertz CT molecular complexity index is 154. The third-order valence-corrected chi connectivity index (χ3v) is 1.68. The van der Waals surface area contributed by atoms with Gasteiger partial charge >= 0.3 is 0 Å². The van der Waals surface area contributed by atoms with Crippen LogP contribution in [0.2, 0.25) is 0 Å². The van der Waals surface area contributed by atoms with Gasteiger partial charge in [0.05, 0.1) is 6.61 Å². The Morgan fingerprint density at radius 1 is 1.00 bits per heavy atom. The minimum Gasteiger partial charge on any atom is -0.394 e. The van der Waals surface area contributed by atoms with E-state index in [2.05, 4.69) is 11.7 Å². The van der Waals surface area contributed by atoms with Gasteiger partial charge in [-0.2, -0.15) is 0 Å². The highest BCUT2D eigenvalue weighted by Gasteiger charge is 2.30. The highest BCUT2D eigenvalue weighted by atomic mass is 16.4. The lowest BCUT2D eigenvalue weighted by Crippen LogP contribution is -2.71. The number of hydrogen-bond acceptors (Lipinski definition) is 5. The highest BCUT2D eigenvalue weighted by molar-refractivity contribution is 5.12. The zero-order valence-electron chi connectivity index (χ0n) is 7.17. The summed E-state index contributed by atoms with van der Waals surface area (Å²) in [7, 11) is 0. The van der Waals surface area contributed by atoms with Gasteiger partial charge in [-0.15, -0.1) is 0 Å². The fourth-order valence-corrected chi connectivity index (χ4v) is 0.832. The van der Waals surface area contributed by atoms with Gasteiger partial charge in [-0.1, -0.05) is 0 Å². The van der Waals surface area contributed by atoms with Gasteiger partial charge in [0.1, 0.15) is 31.1 Å². The summed E-state index contributed by atoms with van der Waals surface area (Å²) in [6.45, 7) is 2.52. The Morgan fingerprint density at radius 3 is 1.85 bits per heavy atom. The van der Waals surface area contributed by atoms with Crippen molar-refractivity contribution in [2.24, 2.45) is 0 Å². The summed E-state index contributed by atoms with van der Waals surface area (Å²) in [4.78, 5) is 2.34. The van der Waals surface area contributed by atoms with Crippen LogP contribution >= 0.6 is 0 Å². The lowest BCUT2D eigenvalue weighted by molar-refractivity contribution is -0.463. The van der Waals surface area contributed by atoms with E-state index in [1.54, 1.807) is 0 Å². The van der Waals surface area contributed by atoms with Crippen molar-refractivity contribution < 1.29 is 30.5 Å². The molecule has 0 saturated heterocycles. The first-order valence-electron chi connectivity index (χ1n) is 3.87. The Labute approximate surface area is 75.8 Å². The molecule has 78 valence electrons. The van der Waals surface area contributed by atoms with Crippen LogP contribution in [0.1, 0.15) is 0 Å². The molecule has 6 N–H and O–H groups in total. The SMILES string of the molecule is C=[NH+]CC(O)C(O)C(O)C(O)CO. The molecule has 6 heteroatoms. The molecule has 0 heterocycles. The fraction of sp³-hybridized carbons (Fsp3) is 0.857. The summed E-state index contributed by atoms with van der Waals surface area (Å²) in [6.07, 6.45) is -5.80. The predicted octanol–water partition coefficient (Wildman–Crippen LogP) is -4.80. The van der Waals surface area contributed by atoms with Crippen molar-refractivity contribution in [2.45, 2.75) is 24.4 Å². The zero-order chi connectivity index (χ0) is 10.4. The summed E-state index contributed by atoms with van der Waals surface area (Å²) in [5.74, 6) is 0. The standard InChI is InChI=1S/C7H15NO5/c1-8-2-4(10)6(12)7(13)5(11)3-9/h4-7,9-13H,1-3H2/p+1. The van der Waals surface area contributed by atoms with Crippen molar-refractivity contribution in [3.05, 3.63) is 0 Å². The van der Waals surface area contributed by atoms with E-state index >= 15 is 0 Å². The van der Waals surface area contributed by atoms with Gasteiger partial charge in [-0.25, -0.2) is 0 Å². The van der Waals surface area contributed by atoms with E-state index in [1.165, 1.54) is 0 Å². The van der Waals surface area contributed by atoms with Crippen LogP contribution in [0.25, 0.3) is 0 Å². The summed E-state index contributed by atoms with van der Waals surface area (Å²) in [5.41, 5.74) is 0. The third kappa shape index (κ3) is 3.79. The molecule has 0 aliphatic carbocycles. The van der Waals surface area contributed by atoms with Gasteiger partial charge in [0.2, 0.25) is 0 Å². The Kier molecular flexibility index (Phi) is 5.76. The molecule has 4 unspecified atom stereocenters. The second-order valence-electron chi connectivity index (χ2n) is 2.75. The lowest BCUT2D eigenvalue weighted by Gasteiger charge is -2.23. The van der Waals surface area contributed by atoms with E-state index < -0.39 is 31.0 Å². The highest BCUT2D eigenvalue weighted by Crippen LogP contribution is 2.03. The van der Waals surface area contributed by atoms with Crippen molar-refractivity contribution in [2.75, 3.05) is 13.2 Å². The lowest BCUT2D eigenvalue weighted by atomic mass is 10.0. The minimum absolute atomic E-state index is 0.0175. The first kappa shape index (κ1) is 12.5. The van der Waals surface area contributed by atoms with Crippen LogP contribution in [0.15, 0.2) is 0 Å². The van der Waals surface area contributed by atoms with Gasteiger partial charge in [0.25, 0.3) is 0 Å². The monoisotopic (exact) mass is 194 g/mol. The normalized spacial score (nSPS) is 20.4. The predicted molar refractivity (Wildman–Crippen MR) is 44.1 cm³/mol. The van der Waals surface area contributed by atoms with Crippen LogP contribution < -0.4 is 4.99 Å². The molecule has 0 aromatic rings. The maximum absolute atomic E-state index is 9.18. The van der Waals surface area contributed by atoms with Crippen molar-refractivity contribution in [1.29, 1.82) is 0 Å². The average molecular weight is 194 g/mol. The maximum Gasteiger partial charge on any atom is 0.168 e. The summed E-state index contributed by atoms with van der Waals surface area (Å²) >= 11 is 0. The van der Waals surface area contributed by atoms with E-state index in [4.69, 9.17) is 20.4 Å². The van der Waals surface area contributed by atoms with Gasteiger partial charge in [-0.05, 0) is 0 Å².